The van der Waals surface area contributed by atoms with Gasteiger partial charge in [0.15, 0.2) is 29.5 Å². The first-order valence-electron chi connectivity index (χ1n) is 47.1. The zero-order valence-corrected chi connectivity index (χ0v) is 82.7. The van der Waals surface area contributed by atoms with Crippen molar-refractivity contribution in [2.45, 2.75) is 248 Å². The molecule has 0 radical (unpaired) electrons. The van der Waals surface area contributed by atoms with E-state index in [2.05, 4.69) is 145 Å². The summed E-state index contributed by atoms with van der Waals surface area (Å²) in [5.74, 6) is 6.23. The van der Waals surface area contributed by atoms with Crippen molar-refractivity contribution in [2.75, 3.05) is 104 Å². The number of aromatic nitrogens is 9. The Morgan fingerprint density at radius 2 is 0.692 bits per heavy atom. The average molecular weight is 1870 g/mol. The van der Waals surface area contributed by atoms with Crippen LogP contribution in [0.3, 0.4) is 0 Å². The normalized spacial score (nSPS) is 15.9. The lowest BCUT2D eigenvalue weighted by atomic mass is 9.85. The van der Waals surface area contributed by atoms with Gasteiger partial charge in [-0.2, -0.15) is 29.9 Å². The molecule has 10 heterocycles. The lowest BCUT2D eigenvalue weighted by Crippen LogP contribution is -2.46. The minimum Gasteiger partial charge on any atom is -0.489 e. The second-order valence-corrected chi connectivity index (χ2v) is 45.0. The SMILES string of the molecule is Cc1cc(Nc2nc(Nc3ccccc3S(=O)(=O)C(C)C)c3cc[nH]c3n2)c(OC(C)C)cc1C1CCN(C(C)C)CC1.Cc1cc(Nc2nc(Nc3ccccc3S(=O)(=O)C(C)C)c3cc[nH]c3n2)c(OC(C)C)cc1C1CCN(C2CCN(C)CC2)CC1.Cc1cc(Nc2nc(Nc3ccccc3S(=O)(=O)C(C)C)c3cc[nH]c3n2)c(OC(C)C)cc1C1CCN(CCO)CC1. The van der Waals surface area contributed by atoms with E-state index in [4.69, 9.17) is 44.1 Å². The van der Waals surface area contributed by atoms with Crippen LogP contribution in [0.15, 0.2) is 161 Å². The van der Waals surface area contributed by atoms with Gasteiger partial charge < -0.3 is 85.8 Å². The van der Waals surface area contributed by atoms with Crippen LogP contribution in [-0.4, -0.2) is 214 Å². The van der Waals surface area contributed by atoms with Gasteiger partial charge in [0.05, 0.1) is 106 Å². The number of β-amino-alcohol motifs (C(OH)–C–C–N with tert-alkyl or cyclic N) is 1. The fraction of sp³-hybridized carbons (Fsp3) is 0.465. The number of nitrogens with zero attached hydrogens (tertiary/aromatic N) is 10. The molecule has 4 saturated heterocycles. The molecule has 0 spiro atoms. The number of fused-ring (bicyclic) bond motifs is 3. The minimum absolute atomic E-state index is 0.0117. The third-order valence-electron chi connectivity index (χ3n) is 25.7. The van der Waals surface area contributed by atoms with Crippen LogP contribution >= 0.6 is 0 Å². The monoisotopic (exact) mass is 1870 g/mol. The number of aromatic amines is 3. The molecule has 0 aliphatic carbocycles. The molecular formula is C101H135N19O10S3. The minimum atomic E-state index is -3.53. The van der Waals surface area contributed by atoms with Crippen molar-refractivity contribution in [3.05, 3.63) is 179 Å². The Bertz CT molecular complexity index is 6380. The number of hydrogen-bond acceptors (Lipinski definition) is 26. The standard InChI is InChI=1S/C36H49N7O3S.C33H44N6O3S.C32H42N6O4S/c1-23(2)46-32-22-29(26-12-19-43(20-13-26)27-14-17-42(6)18-15-27)25(5)21-31(32)39-36-40-34-28(11-16-37-34)35(41-36)38-30-9-7-8-10-33(30)47(44,45)24(3)4;1-20(2)39-16-13-24(14-17-39)26-19-29(42-21(3)4)28(18-23(26)7)36-33-37-31-25(12-15-34-31)32(38-33)35-27-10-8-9-11-30(27)43(40,41)22(5)6;1-20(2)42-28-19-25(23-11-14-38(15-12-23)16-17-39)22(5)18-27(28)35-32-36-30-24(10-13-33-30)31(37-32)34-26-8-6-7-9-29(26)43(40,41)21(3)4/h7-11,16,21-24,26-27H,12-15,17-20H2,1-6H3,(H3,37,38,39,40,41);8-12,15,18-22,24H,13-14,16-17H2,1-7H3,(H3,34,35,36,37,38);6-10,13,18-21,23,39H,11-12,14-17H2,1-5H3,(H3,33,34,35,36,37). The van der Waals surface area contributed by atoms with Crippen molar-refractivity contribution in [1.82, 2.24) is 64.5 Å². The Balaban J connectivity index is 0.000000161. The van der Waals surface area contributed by atoms with E-state index < -0.39 is 45.3 Å². The summed E-state index contributed by atoms with van der Waals surface area (Å²) in [5, 5.41) is 30.0. The van der Waals surface area contributed by atoms with Gasteiger partial charge in [-0.15, -0.1) is 0 Å². The Hall–Kier alpha value is -11.0. The predicted molar refractivity (Wildman–Crippen MR) is 537 cm³/mol. The van der Waals surface area contributed by atoms with Crippen molar-refractivity contribution in [3.8, 4) is 17.2 Å². The van der Waals surface area contributed by atoms with Crippen LogP contribution < -0.4 is 46.1 Å². The Labute approximate surface area is 784 Å². The van der Waals surface area contributed by atoms with E-state index in [0.29, 0.717) is 99.1 Å². The highest BCUT2D eigenvalue weighted by Gasteiger charge is 2.34. The van der Waals surface area contributed by atoms with Crippen LogP contribution in [0.25, 0.3) is 33.1 Å². The van der Waals surface area contributed by atoms with Crippen LogP contribution in [0.2, 0.25) is 0 Å². The number of H-pyrrole nitrogens is 3. The van der Waals surface area contributed by atoms with E-state index >= 15 is 0 Å². The summed E-state index contributed by atoms with van der Waals surface area (Å²) in [7, 11) is -8.34. The maximum Gasteiger partial charge on any atom is 0.231 e. The van der Waals surface area contributed by atoms with Crippen LogP contribution in [0.5, 0.6) is 17.2 Å². The Kier molecular flexibility index (Phi) is 31.5. The molecule has 4 aliphatic heterocycles. The van der Waals surface area contributed by atoms with E-state index in [-0.39, 0.29) is 39.6 Å². The molecule has 10 N–H and O–H groups in total. The average Bonchev–Trinajstić information content (AvgIpc) is 1.77. The molecule has 712 valence electrons. The van der Waals surface area contributed by atoms with E-state index in [1.54, 1.807) is 121 Å². The zero-order valence-electron chi connectivity index (χ0n) is 80.3. The van der Waals surface area contributed by atoms with Gasteiger partial charge in [0.1, 0.15) is 51.6 Å². The van der Waals surface area contributed by atoms with Gasteiger partial charge in [0, 0.05) is 37.2 Å². The van der Waals surface area contributed by atoms with Gasteiger partial charge in [0.25, 0.3) is 0 Å². The summed E-state index contributed by atoms with van der Waals surface area (Å²) >= 11 is 0. The van der Waals surface area contributed by atoms with Crippen molar-refractivity contribution in [3.63, 3.8) is 0 Å². The number of sulfone groups is 3. The molecule has 6 aromatic carbocycles. The highest BCUT2D eigenvalue weighted by Crippen LogP contribution is 2.45. The van der Waals surface area contributed by atoms with Gasteiger partial charge in [-0.3, -0.25) is 0 Å². The van der Waals surface area contributed by atoms with E-state index in [0.717, 1.165) is 140 Å². The first kappa shape index (κ1) is 98.0. The molecule has 133 heavy (non-hydrogen) atoms. The lowest BCUT2D eigenvalue weighted by molar-refractivity contribution is 0.0965. The number of hydrogen-bond donors (Lipinski definition) is 10. The first-order chi connectivity index (χ1) is 63.5. The van der Waals surface area contributed by atoms with Crippen molar-refractivity contribution >= 4 is 132 Å². The van der Waals surface area contributed by atoms with Gasteiger partial charge in [-0.25, -0.2) is 25.3 Å². The molecule has 32 heteroatoms. The van der Waals surface area contributed by atoms with Crippen LogP contribution in [0.4, 0.5) is 69.4 Å². The largest absolute Gasteiger partial charge is 0.489 e. The summed E-state index contributed by atoms with van der Waals surface area (Å²) in [6.07, 6.45) is 14.5. The van der Waals surface area contributed by atoms with Crippen molar-refractivity contribution in [2.24, 2.45) is 0 Å². The molecule has 0 amide bonds. The lowest BCUT2D eigenvalue weighted by Gasteiger charge is -2.41. The maximum absolute atomic E-state index is 13.2. The number of piperidine rings is 4. The number of nitrogens with one attached hydrogen (secondary N) is 9. The smallest absolute Gasteiger partial charge is 0.231 e. The molecule has 4 fully saturated rings. The number of likely N-dealkylation sites (tertiary alicyclic amines) is 4. The Morgan fingerprint density at radius 3 is 0.992 bits per heavy atom. The maximum atomic E-state index is 13.2. The number of aliphatic hydroxyl groups is 1. The van der Waals surface area contributed by atoms with Gasteiger partial charge >= 0.3 is 0 Å². The van der Waals surface area contributed by atoms with Crippen molar-refractivity contribution in [1.29, 1.82) is 0 Å². The molecule has 4 aliphatic rings. The van der Waals surface area contributed by atoms with Crippen LogP contribution in [0, 0.1) is 20.8 Å². The third-order valence-corrected chi connectivity index (χ3v) is 32.3. The van der Waals surface area contributed by atoms with Gasteiger partial charge in [-0.1, -0.05) is 36.4 Å². The van der Waals surface area contributed by atoms with Gasteiger partial charge in [-0.05, 0) is 371 Å². The number of benzene rings is 6. The second-order valence-electron chi connectivity index (χ2n) is 37.6. The number of anilines is 12. The first-order valence-corrected chi connectivity index (χ1v) is 51.7. The third kappa shape index (κ3) is 23.3. The van der Waals surface area contributed by atoms with Crippen LogP contribution in [-0.2, 0) is 29.5 Å². The number of rotatable bonds is 31. The molecule has 0 atom stereocenters. The number of aliphatic hydroxyl groups excluding tert-OH is 1. The molecule has 0 unspecified atom stereocenters. The molecule has 16 rings (SSSR count). The topological polar surface area (TPSA) is 360 Å². The van der Waals surface area contributed by atoms with E-state index in [1.807, 2.05) is 71.9 Å². The summed E-state index contributed by atoms with van der Waals surface area (Å²) in [5.41, 5.74) is 13.1. The van der Waals surface area contributed by atoms with E-state index in [1.165, 1.54) is 53.7 Å². The summed E-state index contributed by atoms with van der Waals surface area (Å²) in [6.45, 7) is 42.9. The fourth-order valence-electron chi connectivity index (χ4n) is 18.3. The van der Waals surface area contributed by atoms with Crippen LogP contribution in [0.1, 0.15) is 199 Å². The highest BCUT2D eigenvalue weighted by atomic mass is 32.2. The van der Waals surface area contributed by atoms with E-state index in [9.17, 15) is 30.4 Å². The highest BCUT2D eigenvalue weighted by molar-refractivity contribution is 7.92. The number of para-hydroxylation sites is 3. The molecule has 29 nitrogen and oxygen atoms in total. The molecular weight excluding hydrogens is 1740 g/mol. The summed E-state index contributed by atoms with van der Waals surface area (Å²) in [4.78, 5) is 48.8. The number of ether oxygens (including phenoxy) is 3. The molecule has 6 aromatic heterocycles. The molecule has 0 saturated carbocycles. The summed E-state index contributed by atoms with van der Waals surface area (Å²) < 4.78 is 97.7. The van der Waals surface area contributed by atoms with Crippen molar-refractivity contribution < 1.29 is 44.6 Å². The summed E-state index contributed by atoms with van der Waals surface area (Å²) in [6, 6.07) is 40.5. The molecule has 0 bridgehead atoms. The fourth-order valence-corrected chi connectivity index (χ4v) is 21.9. The second kappa shape index (κ2) is 42.7. The van der Waals surface area contributed by atoms with Gasteiger partial charge in [0.2, 0.25) is 17.8 Å². The molecule has 12 aromatic rings. The zero-order chi connectivity index (χ0) is 94.9. The predicted octanol–water partition coefficient (Wildman–Crippen LogP) is 20.2. The quantitative estimate of drug-likeness (QED) is 0.0193. The number of aryl methyl sites for hydroxylation is 3. The Morgan fingerprint density at radius 1 is 0.383 bits per heavy atom.